The molecule has 2 N–H and O–H groups in total. The van der Waals surface area contributed by atoms with Gasteiger partial charge in [0.1, 0.15) is 5.56 Å². The Morgan fingerprint density at radius 3 is 2.46 bits per heavy atom. The van der Waals surface area contributed by atoms with E-state index in [1.807, 2.05) is 0 Å². The number of carbonyl (C=O) groups is 2. The first-order valence-electron chi connectivity index (χ1n) is 6.88. The zero-order chi connectivity index (χ0) is 18.3. The zero-order valence-electron chi connectivity index (χ0n) is 13.4. The van der Waals surface area contributed by atoms with Crippen LogP contribution in [0.4, 0.5) is 5.69 Å². The highest BCUT2D eigenvalue weighted by Gasteiger charge is 2.26. The van der Waals surface area contributed by atoms with Crippen LogP contribution in [0.2, 0.25) is 0 Å². The molecule has 1 atom stereocenters. The van der Waals surface area contributed by atoms with Crippen molar-refractivity contribution in [1.29, 1.82) is 0 Å². The van der Waals surface area contributed by atoms with Gasteiger partial charge in [0.05, 0.1) is 31.3 Å². The van der Waals surface area contributed by atoms with E-state index in [0.29, 0.717) is 0 Å². The summed E-state index contributed by atoms with van der Waals surface area (Å²) in [5, 5.41) is 22.3. The Morgan fingerprint density at radius 2 is 2.00 bits per heavy atom. The summed E-state index contributed by atoms with van der Waals surface area (Å²) in [5.41, 5.74) is -0.762. The summed E-state index contributed by atoms with van der Waals surface area (Å²) in [6.45, 7) is 1.60. The largest absolute Gasteiger partial charge is 0.493 e. The molecular formula is C14H18N2O8. The van der Waals surface area contributed by atoms with Gasteiger partial charge in [0.15, 0.2) is 17.6 Å². The van der Waals surface area contributed by atoms with E-state index in [-0.39, 0.29) is 30.2 Å². The molecule has 0 spiro atoms. The molecule has 0 fully saturated rings. The van der Waals surface area contributed by atoms with Gasteiger partial charge in [-0.15, -0.1) is 0 Å². The molecule has 0 aliphatic rings. The maximum absolute atomic E-state index is 12.2. The molecule has 1 rings (SSSR count). The number of nitrogens with zero attached hydrogens (tertiary/aromatic N) is 1. The summed E-state index contributed by atoms with van der Waals surface area (Å²) in [4.78, 5) is 33.5. The second-order valence-corrected chi connectivity index (χ2v) is 4.48. The van der Waals surface area contributed by atoms with Crippen molar-refractivity contribution < 1.29 is 33.8 Å². The minimum Gasteiger partial charge on any atom is -0.493 e. The van der Waals surface area contributed by atoms with E-state index in [2.05, 4.69) is 10.1 Å². The van der Waals surface area contributed by atoms with Crippen LogP contribution in [0.3, 0.4) is 0 Å². The van der Waals surface area contributed by atoms with Crippen molar-refractivity contribution in [3.63, 3.8) is 0 Å². The van der Waals surface area contributed by atoms with Gasteiger partial charge in [0.2, 0.25) is 0 Å². The van der Waals surface area contributed by atoms with Gasteiger partial charge in [-0.3, -0.25) is 14.9 Å². The van der Waals surface area contributed by atoms with E-state index in [0.717, 1.165) is 6.07 Å². The summed E-state index contributed by atoms with van der Waals surface area (Å²) in [6.07, 6.45) is -1.27. The lowest BCUT2D eigenvalue weighted by molar-refractivity contribution is -0.385. The molecule has 0 radical (unpaired) electrons. The molecular weight excluding hydrogens is 324 g/mol. The summed E-state index contributed by atoms with van der Waals surface area (Å²) in [7, 11) is 2.50. The highest BCUT2D eigenvalue weighted by Crippen LogP contribution is 2.34. The number of rotatable bonds is 9. The number of carbonyl (C=O) groups excluding carboxylic acids is 1. The van der Waals surface area contributed by atoms with Crippen molar-refractivity contribution in [2.45, 2.75) is 13.0 Å². The van der Waals surface area contributed by atoms with Gasteiger partial charge >= 0.3 is 5.97 Å². The van der Waals surface area contributed by atoms with Gasteiger partial charge < -0.3 is 24.6 Å². The molecule has 0 bridgehead atoms. The number of methoxy groups -OCH3 is 2. The van der Waals surface area contributed by atoms with Crippen LogP contribution in [0.5, 0.6) is 11.5 Å². The maximum atomic E-state index is 12.2. The quantitative estimate of drug-likeness (QED) is 0.497. The van der Waals surface area contributed by atoms with E-state index in [4.69, 9.17) is 14.6 Å². The predicted octanol–water partition coefficient (Wildman–Crippen LogP) is 0.831. The monoisotopic (exact) mass is 342 g/mol. The molecule has 0 saturated heterocycles. The maximum Gasteiger partial charge on any atom is 0.334 e. The van der Waals surface area contributed by atoms with Crippen LogP contribution >= 0.6 is 0 Å². The average molecular weight is 342 g/mol. The molecule has 1 unspecified atom stereocenters. The molecule has 0 heterocycles. The topological polar surface area (TPSA) is 137 Å². The second-order valence-electron chi connectivity index (χ2n) is 4.48. The number of nitrogens with one attached hydrogen (secondary N) is 1. The summed E-state index contributed by atoms with van der Waals surface area (Å²) >= 11 is 0. The van der Waals surface area contributed by atoms with E-state index >= 15 is 0 Å². The van der Waals surface area contributed by atoms with Gasteiger partial charge in [-0.1, -0.05) is 0 Å². The van der Waals surface area contributed by atoms with Crippen molar-refractivity contribution >= 4 is 17.6 Å². The van der Waals surface area contributed by atoms with Gasteiger partial charge in [0, 0.05) is 13.2 Å². The Morgan fingerprint density at radius 1 is 1.33 bits per heavy atom. The first kappa shape index (κ1) is 19.2. The number of carboxylic acid groups (broad SMARTS) is 1. The third kappa shape index (κ3) is 4.56. The summed E-state index contributed by atoms with van der Waals surface area (Å²) in [6, 6.07) is 2.25. The number of benzene rings is 1. The average Bonchev–Trinajstić information content (AvgIpc) is 2.54. The van der Waals surface area contributed by atoms with Crippen LogP contribution in [0, 0.1) is 10.1 Å². The van der Waals surface area contributed by atoms with Crippen molar-refractivity contribution in [2.75, 3.05) is 27.4 Å². The fraction of sp³-hybridized carbons (Fsp3) is 0.429. The van der Waals surface area contributed by atoms with Crippen LogP contribution in [-0.4, -0.2) is 55.4 Å². The number of nitro benzene ring substituents is 1. The Kier molecular flexibility index (Phi) is 6.93. The fourth-order valence-corrected chi connectivity index (χ4v) is 1.86. The summed E-state index contributed by atoms with van der Waals surface area (Å²) in [5.74, 6) is -1.82. The SMILES string of the molecule is CCOc1cc([N+](=O)[O-])c(C(=O)NCC(OC)C(=O)O)cc1OC. The Labute approximate surface area is 137 Å². The zero-order valence-corrected chi connectivity index (χ0v) is 13.4. The fourth-order valence-electron chi connectivity index (χ4n) is 1.86. The summed E-state index contributed by atoms with van der Waals surface area (Å²) < 4.78 is 15.0. The minimum absolute atomic E-state index is 0.128. The number of aliphatic carboxylic acids is 1. The van der Waals surface area contributed by atoms with E-state index < -0.39 is 28.6 Å². The van der Waals surface area contributed by atoms with E-state index in [1.54, 1.807) is 6.92 Å². The molecule has 24 heavy (non-hydrogen) atoms. The normalized spacial score (nSPS) is 11.5. The van der Waals surface area contributed by atoms with Crippen LogP contribution < -0.4 is 14.8 Å². The second kappa shape index (κ2) is 8.67. The van der Waals surface area contributed by atoms with Gasteiger partial charge in [-0.2, -0.15) is 0 Å². The number of hydrogen-bond donors (Lipinski definition) is 2. The third-order valence-electron chi connectivity index (χ3n) is 3.03. The molecule has 1 aromatic rings. The first-order chi connectivity index (χ1) is 11.3. The van der Waals surface area contributed by atoms with Crippen LogP contribution in [-0.2, 0) is 9.53 Å². The van der Waals surface area contributed by atoms with Crippen LogP contribution in [0.15, 0.2) is 12.1 Å². The van der Waals surface area contributed by atoms with E-state index in [9.17, 15) is 19.7 Å². The van der Waals surface area contributed by atoms with Crippen LogP contribution in [0.25, 0.3) is 0 Å². The lowest BCUT2D eigenvalue weighted by Crippen LogP contribution is -2.38. The molecule has 0 aliphatic carbocycles. The number of nitro groups is 1. The van der Waals surface area contributed by atoms with Crippen molar-refractivity contribution in [3.8, 4) is 11.5 Å². The Balaban J connectivity index is 3.14. The van der Waals surface area contributed by atoms with E-state index in [1.165, 1.54) is 20.3 Å². The van der Waals surface area contributed by atoms with Crippen molar-refractivity contribution in [3.05, 3.63) is 27.8 Å². The first-order valence-corrected chi connectivity index (χ1v) is 6.88. The molecule has 1 aromatic carbocycles. The van der Waals surface area contributed by atoms with Crippen LogP contribution in [0.1, 0.15) is 17.3 Å². The highest BCUT2D eigenvalue weighted by molar-refractivity contribution is 5.99. The predicted molar refractivity (Wildman–Crippen MR) is 81.6 cm³/mol. The molecule has 10 nitrogen and oxygen atoms in total. The molecule has 0 aliphatic heterocycles. The van der Waals surface area contributed by atoms with Gasteiger partial charge in [0.25, 0.3) is 11.6 Å². The van der Waals surface area contributed by atoms with Crippen molar-refractivity contribution in [2.24, 2.45) is 0 Å². The Bertz CT molecular complexity index is 631. The van der Waals surface area contributed by atoms with Crippen molar-refractivity contribution in [1.82, 2.24) is 5.32 Å². The molecule has 0 saturated carbocycles. The molecule has 10 heteroatoms. The lowest BCUT2D eigenvalue weighted by atomic mass is 10.1. The van der Waals surface area contributed by atoms with Gasteiger partial charge in [-0.25, -0.2) is 4.79 Å². The number of hydrogen-bond acceptors (Lipinski definition) is 7. The minimum atomic E-state index is -1.27. The molecule has 0 aromatic heterocycles. The lowest BCUT2D eigenvalue weighted by Gasteiger charge is -2.13. The molecule has 1 amide bonds. The smallest absolute Gasteiger partial charge is 0.334 e. The third-order valence-corrected chi connectivity index (χ3v) is 3.03. The molecule has 132 valence electrons. The number of ether oxygens (including phenoxy) is 3. The highest BCUT2D eigenvalue weighted by atomic mass is 16.6. The number of carboxylic acids is 1. The number of amides is 1. The van der Waals surface area contributed by atoms with Gasteiger partial charge in [-0.05, 0) is 6.92 Å². The standard InChI is InChI=1S/C14H18N2O8/c1-4-24-11-6-9(16(20)21)8(5-10(11)22-2)13(17)15-7-12(23-3)14(18)19/h5-6,12H,4,7H2,1-3H3,(H,15,17)(H,18,19). The Hall–Kier alpha value is -2.88.